The number of hydrogen-bond acceptors (Lipinski definition) is 2. The fraction of sp³-hybridized carbons (Fsp3) is 0.455. The van der Waals surface area contributed by atoms with Crippen LogP contribution in [0.4, 0.5) is 0 Å². The fourth-order valence-corrected chi connectivity index (χ4v) is 1.84. The van der Waals surface area contributed by atoms with Crippen molar-refractivity contribution in [2.45, 2.75) is 19.5 Å². The van der Waals surface area contributed by atoms with E-state index in [9.17, 15) is 0 Å². The molecule has 0 radical (unpaired) electrons. The van der Waals surface area contributed by atoms with Crippen LogP contribution in [0.3, 0.4) is 0 Å². The van der Waals surface area contributed by atoms with E-state index >= 15 is 0 Å². The Morgan fingerprint density at radius 1 is 1.38 bits per heavy atom. The van der Waals surface area contributed by atoms with Gasteiger partial charge in [-0.05, 0) is 36.7 Å². The van der Waals surface area contributed by atoms with Crippen LogP contribution in [-0.2, 0) is 19.5 Å². The monoisotopic (exact) mass is 176 g/mol. The van der Waals surface area contributed by atoms with Gasteiger partial charge < -0.3 is 10.6 Å². The Morgan fingerprint density at radius 2 is 2.31 bits per heavy atom. The van der Waals surface area contributed by atoms with Gasteiger partial charge in [-0.3, -0.25) is 0 Å². The van der Waals surface area contributed by atoms with E-state index in [1.165, 1.54) is 23.1 Å². The van der Waals surface area contributed by atoms with Crippen LogP contribution in [0.2, 0.25) is 0 Å². The lowest BCUT2D eigenvalue weighted by molar-refractivity contribution is 0.642. The van der Waals surface area contributed by atoms with Crippen molar-refractivity contribution in [3.63, 3.8) is 0 Å². The van der Waals surface area contributed by atoms with E-state index in [1.807, 2.05) is 7.05 Å². The molecule has 13 heavy (non-hydrogen) atoms. The van der Waals surface area contributed by atoms with E-state index in [1.54, 1.807) is 0 Å². The maximum absolute atomic E-state index is 3.38. The van der Waals surface area contributed by atoms with Crippen LogP contribution in [-0.4, -0.2) is 13.6 Å². The summed E-state index contributed by atoms with van der Waals surface area (Å²) in [4.78, 5) is 0. The first-order chi connectivity index (χ1) is 6.40. The summed E-state index contributed by atoms with van der Waals surface area (Å²) < 4.78 is 0. The van der Waals surface area contributed by atoms with Gasteiger partial charge in [0, 0.05) is 13.1 Å². The van der Waals surface area contributed by atoms with Crippen LogP contribution in [0.5, 0.6) is 0 Å². The molecular formula is C11H16N2. The average Bonchev–Trinajstić information content (AvgIpc) is 2.18. The smallest absolute Gasteiger partial charge is 0.0208 e. The molecule has 0 fully saturated rings. The minimum atomic E-state index is 0.973. The van der Waals surface area contributed by atoms with Gasteiger partial charge in [0.15, 0.2) is 0 Å². The summed E-state index contributed by atoms with van der Waals surface area (Å²) in [5.41, 5.74) is 4.38. The van der Waals surface area contributed by atoms with Crippen LogP contribution in [0, 0.1) is 0 Å². The van der Waals surface area contributed by atoms with Gasteiger partial charge in [-0.15, -0.1) is 0 Å². The molecule has 1 aliphatic rings. The molecule has 1 aliphatic heterocycles. The summed E-state index contributed by atoms with van der Waals surface area (Å²) in [5, 5.41) is 6.55. The molecule has 2 N–H and O–H groups in total. The lowest BCUT2D eigenvalue weighted by Gasteiger charge is -2.17. The Morgan fingerprint density at radius 3 is 3.15 bits per heavy atom. The van der Waals surface area contributed by atoms with Crippen LogP contribution < -0.4 is 10.6 Å². The third kappa shape index (κ3) is 1.90. The minimum Gasteiger partial charge on any atom is -0.316 e. The van der Waals surface area contributed by atoms with Crippen LogP contribution >= 0.6 is 0 Å². The van der Waals surface area contributed by atoms with E-state index in [0.29, 0.717) is 0 Å². The number of rotatable bonds is 2. The highest BCUT2D eigenvalue weighted by atomic mass is 14.9. The van der Waals surface area contributed by atoms with Crippen LogP contribution in [0.15, 0.2) is 18.2 Å². The molecule has 0 saturated heterocycles. The van der Waals surface area contributed by atoms with Crippen molar-refractivity contribution in [2.24, 2.45) is 0 Å². The van der Waals surface area contributed by atoms with E-state index in [-0.39, 0.29) is 0 Å². The lowest BCUT2D eigenvalue weighted by Crippen LogP contribution is -2.23. The predicted octanol–water partition coefficient (Wildman–Crippen LogP) is 1.05. The number of hydrogen-bond donors (Lipinski definition) is 2. The molecule has 0 aliphatic carbocycles. The third-order valence-electron chi connectivity index (χ3n) is 2.54. The molecule has 0 aromatic heterocycles. The fourth-order valence-electron chi connectivity index (χ4n) is 1.84. The van der Waals surface area contributed by atoms with Gasteiger partial charge >= 0.3 is 0 Å². The van der Waals surface area contributed by atoms with Gasteiger partial charge in [0.2, 0.25) is 0 Å². The summed E-state index contributed by atoms with van der Waals surface area (Å²) >= 11 is 0. The molecule has 0 spiro atoms. The zero-order chi connectivity index (χ0) is 9.10. The van der Waals surface area contributed by atoms with Crippen LogP contribution in [0.1, 0.15) is 16.7 Å². The van der Waals surface area contributed by atoms with Crippen molar-refractivity contribution < 1.29 is 0 Å². The Balaban J connectivity index is 2.24. The number of nitrogens with one attached hydrogen (secondary N) is 2. The molecular weight excluding hydrogens is 160 g/mol. The molecule has 1 aromatic carbocycles. The van der Waals surface area contributed by atoms with Crippen molar-refractivity contribution >= 4 is 0 Å². The summed E-state index contributed by atoms with van der Waals surface area (Å²) in [5.74, 6) is 0. The highest BCUT2D eigenvalue weighted by molar-refractivity contribution is 5.33. The topological polar surface area (TPSA) is 24.1 Å². The summed E-state index contributed by atoms with van der Waals surface area (Å²) in [6.07, 6.45) is 1.17. The first kappa shape index (κ1) is 8.73. The molecule has 0 saturated carbocycles. The normalized spacial score (nSPS) is 15.5. The number of benzene rings is 1. The second-order valence-electron chi connectivity index (χ2n) is 3.56. The predicted molar refractivity (Wildman–Crippen MR) is 54.6 cm³/mol. The zero-order valence-corrected chi connectivity index (χ0v) is 8.06. The highest BCUT2D eigenvalue weighted by Gasteiger charge is 2.07. The van der Waals surface area contributed by atoms with E-state index in [0.717, 1.165) is 19.6 Å². The molecule has 2 heteroatoms. The van der Waals surface area contributed by atoms with Gasteiger partial charge in [0.25, 0.3) is 0 Å². The molecule has 70 valence electrons. The second kappa shape index (κ2) is 3.90. The molecule has 0 bridgehead atoms. The van der Waals surface area contributed by atoms with Gasteiger partial charge in [-0.25, -0.2) is 0 Å². The molecule has 0 amide bonds. The first-order valence-corrected chi connectivity index (χ1v) is 4.86. The average molecular weight is 176 g/mol. The zero-order valence-electron chi connectivity index (χ0n) is 8.06. The Bertz CT molecular complexity index is 294. The van der Waals surface area contributed by atoms with Gasteiger partial charge in [-0.2, -0.15) is 0 Å². The Labute approximate surface area is 79.4 Å². The maximum Gasteiger partial charge on any atom is 0.0208 e. The van der Waals surface area contributed by atoms with E-state index < -0.39 is 0 Å². The quantitative estimate of drug-likeness (QED) is 0.704. The molecule has 2 nitrogen and oxygen atoms in total. The highest BCUT2D eigenvalue weighted by Crippen LogP contribution is 2.15. The molecule has 0 atom stereocenters. The third-order valence-corrected chi connectivity index (χ3v) is 2.54. The second-order valence-corrected chi connectivity index (χ2v) is 3.56. The number of fused-ring (bicyclic) bond motifs is 1. The van der Waals surface area contributed by atoms with Gasteiger partial charge in [0.1, 0.15) is 0 Å². The summed E-state index contributed by atoms with van der Waals surface area (Å²) in [7, 11) is 1.99. The SMILES string of the molecule is CNCc1ccc2c(c1)CCNC2. The standard InChI is InChI=1S/C11H16N2/c1-12-7-9-2-3-11-8-13-5-4-10(11)6-9/h2-3,6,12-13H,4-5,7-8H2,1H3. The van der Waals surface area contributed by atoms with Crippen molar-refractivity contribution in [1.29, 1.82) is 0 Å². The molecule has 2 rings (SSSR count). The van der Waals surface area contributed by atoms with Crippen molar-refractivity contribution in [1.82, 2.24) is 10.6 Å². The van der Waals surface area contributed by atoms with Crippen molar-refractivity contribution in [3.8, 4) is 0 Å². The van der Waals surface area contributed by atoms with E-state index in [2.05, 4.69) is 28.8 Å². The van der Waals surface area contributed by atoms with E-state index in [4.69, 9.17) is 0 Å². The minimum absolute atomic E-state index is 0.973. The van der Waals surface area contributed by atoms with Gasteiger partial charge in [0.05, 0.1) is 0 Å². The lowest BCUT2D eigenvalue weighted by atomic mass is 9.98. The van der Waals surface area contributed by atoms with Gasteiger partial charge in [-0.1, -0.05) is 18.2 Å². The summed E-state index contributed by atoms with van der Waals surface area (Å²) in [6, 6.07) is 6.78. The molecule has 0 unspecified atom stereocenters. The van der Waals surface area contributed by atoms with Crippen molar-refractivity contribution in [3.05, 3.63) is 34.9 Å². The largest absolute Gasteiger partial charge is 0.316 e. The summed E-state index contributed by atoms with van der Waals surface area (Å²) in [6.45, 7) is 3.13. The Hall–Kier alpha value is -0.860. The van der Waals surface area contributed by atoms with Crippen molar-refractivity contribution in [2.75, 3.05) is 13.6 Å². The Kier molecular flexibility index (Phi) is 2.62. The molecule has 1 aromatic rings. The van der Waals surface area contributed by atoms with Crippen LogP contribution in [0.25, 0.3) is 0 Å². The molecule has 1 heterocycles. The first-order valence-electron chi connectivity index (χ1n) is 4.86. The maximum atomic E-state index is 3.38.